The second kappa shape index (κ2) is 10.1. The molecule has 3 rings (SSSR count). The molecule has 0 aliphatic heterocycles. The maximum absolute atomic E-state index is 12.5. The summed E-state index contributed by atoms with van der Waals surface area (Å²) < 4.78 is 9.87. The zero-order chi connectivity index (χ0) is 26.1. The van der Waals surface area contributed by atoms with Gasteiger partial charge >= 0.3 is 5.97 Å². The van der Waals surface area contributed by atoms with E-state index < -0.39 is 14.3 Å². The van der Waals surface area contributed by atoms with E-state index in [4.69, 9.17) is 4.43 Å². The van der Waals surface area contributed by atoms with Gasteiger partial charge < -0.3 is 19.2 Å². The van der Waals surface area contributed by atoms with E-state index in [0.29, 0.717) is 25.3 Å². The molecule has 2 aromatic heterocycles. The lowest BCUT2D eigenvalue weighted by Crippen LogP contribution is -2.41. The number of carboxylic acid groups (broad SMARTS) is 1. The van der Waals surface area contributed by atoms with Crippen LogP contribution >= 0.6 is 0 Å². The normalized spacial score (nSPS) is 12.5. The lowest BCUT2D eigenvalue weighted by Gasteiger charge is -2.36. The predicted octanol–water partition coefficient (Wildman–Crippen LogP) is 5.68. The fourth-order valence-electron chi connectivity index (χ4n) is 4.52. The summed E-state index contributed by atoms with van der Waals surface area (Å²) in [4.78, 5) is 12.5. The van der Waals surface area contributed by atoms with Crippen LogP contribution in [0.15, 0.2) is 30.9 Å². The van der Waals surface area contributed by atoms with Gasteiger partial charge in [0.05, 0.1) is 23.5 Å². The van der Waals surface area contributed by atoms with E-state index in [9.17, 15) is 15.0 Å². The summed E-state index contributed by atoms with van der Waals surface area (Å²) in [5.41, 5.74) is 5.11. The summed E-state index contributed by atoms with van der Waals surface area (Å²) in [7, 11) is -0.0679. The first-order chi connectivity index (χ1) is 16.4. The van der Waals surface area contributed by atoms with Gasteiger partial charge in [-0.05, 0) is 43.5 Å². The lowest BCUT2D eigenvalue weighted by molar-refractivity contribution is 0.0685. The Morgan fingerprint density at radius 2 is 1.97 bits per heavy atom. The Labute approximate surface area is 209 Å². The van der Waals surface area contributed by atoms with Gasteiger partial charge in [0.15, 0.2) is 8.32 Å². The topological polar surface area (TPSA) is 89.5 Å². The second-order valence-corrected chi connectivity index (χ2v) is 15.4. The number of benzene rings is 1. The first kappa shape index (κ1) is 26.9. The van der Waals surface area contributed by atoms with Crippen LogP contribution in [0.4, 0.5) is 0 Å². The summed E-state index contributed by atoms with van der Waals surface area (Å²) in [6, 6.07) is 5.91. The number of allylic oxidation sites excluding steroid dienone is 1. The molecule has 0 saturated heterocycles. The monoisotopic (exact) mass is 497 g/mol. The highest BCUT2D eigenvalue weighted by Crippen LogP contribution is 2.39. The van der Waals surface area contributed by atoms with Gasteiger partial charge in [-0.25, -0.2) is 4.79 Å². The third-order valence-electron chi connectivity index (χ3n) is 7.30. The molecule has 1 aromatic carbocycles. The molecule has 7 nitrogen and oxygen atoms in total. The van der Waals surface area contributed by atoms with E-state index in [1.54, 1.807) is 10.8 Å². The zero-order valence-electron chi connectivity index (χ0n) is 22.1. The highest BCUT2D eigenvalue weighted by Gasteiger charge is 2.37. The standard InChI is InChI=1S/C27H39N3O4Si/c1-9-15-30-24-19(12-10-13-21(24)23-18(2)28-29(6)22(23)17-31)20(25(30)26(32)33)14-11-16-34-35(7,8)27(3,4)5/h9-10,12-13,31H,1,11,14-17H2,2-8H3,(H,32,33). The Bertz CT molecular complexity index is 1250. The highest BCUT2D eigenvalue weighted by molar-refractivity contribution is 6.74. The number of aromatic carboxylic acids is 1. The maximum Gasteiger partial charge on any atom is 0.352 e. The van der Waals surface area contributed by atoms with Gasteiger partial charge in [0, 0.05) is 36.7 Å². The first-order valence-corrected chi connectivity index (χ1v) is 15.0. The van der Waals surface area contributed by atoms with Gasteiger partial charge in [-0.15, -0.1) is 6.58 Å². The Morgan fingerprint density at radius 3 is 2.54 bits per heavy atom. The lowest BCUT2D eigenvalue weighted by atomic mass is 9.98. The van der Waals surface area contributed by atoms with Gasteiger partial charge in [0.2, 0.25) is 0 Å². The Hall–Kier alpha value is -2.68. The van der Waals surface area contributed by atoms with Crippen molar-refractivity contribution in [2.75, 3.05) is 6.61 Å². The number of hydrogen-bond donors (Lipinski definition) is 2. The summed E-state index contributed by atoms with van der Waals surface area (Å²) in [6.07, 6.45) is 3.05. The van der Waals surface area contributed by atoms with Crippen molar-refractivity contribution in [1.82, 2.24) is 14.3 Å². The van der Waals surface area contributed by atoms with E-state index in [1.165, 1.54) is 0 Å². The van der Waals surface area contributed by atoms with Crippen molar-refractivity contribution in [2.24, 2.45) is 7.05 Å². The number of aliphatic hydroxyl groups is 1. The number of aromatic nitrogens is 3. The van der Waals surface area contributed by atoms with E-state index in [0.717, 1.165) is 39.7 Å². The molecular formula is C27H39N3O4Si. The number of hydrogen-bond acceptors (Lipinski definition) is 4. The first-order valence-electron chi connectivity index (χ1n) is 12.1. The number of aryl methyl sites for hydroxylation is 3. The van der Waals surface area contributed by atoms with Crippen LogP contribution in [0, 0.1) is 6.92 Å². The number of aliphatic hydroxyl groups excluding tert-OH is 1. The number of rotatable bonds is 10. The molecule has 8 heteroatoms. The molecule has 0 aliphatic carbocycles. The molecular weight excluding hydrogens is 458 g/mol. The highest BCUT2D eigenvalue weighted by atomic mass is 28.4. The largest absolute Gasteiger partial charge is 0.477 e. The van der Waals surface area contributed by atoms with Crippen LogP contribution in [0.2, 0.25) is 18.1 Å². The smallest absolute Gasteiger partial charge is 0.352 e. The molecule has 3 aromatic rings. The van der Waals surface area contributed by atoms with Crippen molar-refractivity contribution in [3.63, 3.8) is 0 Å². The molecule has 0 spiro atoms. The number of fused-ring (bicyclic) bond motifs is 1. The van der Waals surface area contributed by atoms with Crippen LogP contribution in [0.3, 0.4) is 0 Å². The van der Waals surface area contributed by atoms with E-state index >= 15 is 0 Å². The molecule has 190 valence electrons. The van der Waals surface area contributed by atoms with Crippen LogP contribution in [-0.2, 0) is 31.0 Å². The maximum atomic E-state index is 12.5. The van der Waals surface area contributed by atoms with E-state index in [1.807, 2.05) is 36.7 Å². The third-order valence-corrected chi connectivity index (χ3v) is 11.8. The molecule has 35 heavy (non-hydrogen) atoms. The number of carbonyl (C=O) groups is 1. The van der Waals surface area contributed by atoms with Gasteiger partial charge in [-0.1, -0.05) is 45.0 Å². The molecule has 0 aliphatic rings. The van der Waals surface area contributed by atoms with E-state index in [-0.39, 0.29) is 17.3 Å². The quantitative estimate of drug-likeness (QED) is 0.214. The van der Waals surface area contributed by atoms with Gasteiger partial charge in [-0.3, -0.25) is 4.68 Å². The minimum absolute atomic E-state index is 0.125. The fourth-order valence-corrected chi connectivity index (χ4v) is 5.61. The minimum atomic E-state index is -1.87. The van der Waals surface area contributed by atoms with Crippen LogP contribution < -0.4 is 0 Å². The summed E-state index contributed by atoms with van der Waals surface area (Å²) in [6.45, 7) is 17.7. The van der Waals surface area contributed by atoms with Crippen molar-refractivity contribution < 1.29 is 19.4 Å². The molecule has 0 fully saturated rings. The van der Waals surface area contributed by atoms with E-state index in [2.05, 4.69) is 45.5 Å². The van der Waals surface area contributed by atoms with Crippen LogP contribution in [0.25, 0.3) is 22.0 Å². The number of nitrogens with zero attached hydrogens (tertiary/aromatic N) is 3. The minimum Gasteiger partial charge on any atom is -0.477 e. The van der Waals surface area contributed by atoms with Gasteiger partial charge in [0.25, 0.3) is 0 Å². The third kappa shape index (κ3) is 5.01. The van der Waals surface area contributed by atoms with Crippen molar-refractivity contribution in [3.05, 3.63) is 53.5 Å². The molecule has 0 radical (unpaired) electrons. The average Bonchev–Trinajstić information content (AvgIpc) is 3.23. The number of carboxylic acids is 1. The summed E-state index contributed by atoms with van der Waals surface area (Å²) >= 11 is 0. The Kier molecular flexibility index (Phi) is 7.79. The molecule has 2 heterocycles. The summed E-state index contributed by atoms with van der Waals surface area (Å²) in [5.74, 6) is -0.959. The van der Waals surface area contributed by atoms with Crippen molar-refractivity contribution in [3.8, 4) is 11.1 Å². The van der Waals surface area contributed by atoms with Crippen LogP contribution in [-0.4, -0.2) is 45.5 Å². The van der Waals surface area contributed by atoms with Crippen molar-refractivity contribution in [1.29, 1.82) is 0 Å². The van der Waals surface area contributed by atoms with Crippen molar-refractivity contribution >= 4 is 25.2 Å². The Balaban J connectivity index is 2.13. The summed E-state index contributed by atoms with van der Waals surface area (Å²) in [5, 5.41) is 25.8. The van der Waals surface area contributed by atoms with Crippen molar-refractivity contribution in [2.45, 2.75) is 71.8 Å². The average molecular weight is 498 g/mol. The molecule has 0 unspecified atom stereocenters. The number of para-hydroxylation sites is 1. The predicted molar refractivity (Wildman–Crippen MR) is 143 cm³/mol. The molecule has 0 atom stereocenters. The molecule has 2 N–H and O–H groups in total. The molecule has 0 bridgehead atoms. The fraction of sp³-hybridized carbons (Fsp3) is 0.481. The SMILES string of the molecule is C=CCn1c(C(=O)O)c(CCCO[Si](C)(C)C(C)(C)C)c2cccc(-c3c(C)nn(C)c3CO)c21. The zero-order valence-corrected chi connectivity index (χ0v) is 23.1. The second-order valence-electron chi connectivity index (χ2n) is 10.6. The molecule has 0 amide bonds. The van der Waals surface area contributed by atoms with Crippen LogP contribution in [0.1, 0.15) is 54.6 Å². The van der Waals surface area contributed by atoms with Gasteiger partial charge in [-0.2, -0.15) is 5.10 Å². The Morgan fingerprint density at radius 1 is 1.29 bits per heavy atom. The van der Waals surface area contributed by atoms with Gasteiger partial charge in [0.1, 0.15) is 5.69 Å². The molecule has 0 saturated carbocycles. The van der Waals surface area contributed by atoms with Crippen LogP contribution in [0.5, 0.6) is 0 Å².